The minimum atomic E-state index is 0.579. The van der Waals surface area contributed by atoms with Gasteiger partial charge in [0.2, 0.25) is 0 Å². The second-order valence-corrected chi connectivity index (χ2v) is 5.32. The highest BCUT2D eigenvalue weighted by molar-refractivity contribution is 6.02. The van der Waals surface area contributed by atoms with Gasteiger partial charge in [-0.1, -0.05) is 0 Å². The SMILES string of the molecule is COCCOc1cc2c(cc1C1=NCCN1)CCCC2. The maximum atomic E-state index is 5.91. The predicted octanol–water partition coefficient (Wildman–Crippen LogP) is 1.94. The molecule has 2 aliphatic rings. The number of fused-ring (bicyclic) bond motifs is 1. The van der Waals surface area contributed by atoms with E-state index in [9.17, 15) is 0 Å². The molecule has 0 amide bonds. The number of methoxy groups -OCH3 is 1. The number of ether oxygens (including phenoxy) is 2. The van der Waals surface area contributed by atoms with E-state index in [1.807, 2.05) is 0 Å². The lowest BCUT2D eigenvalue weighted by molar-refractivity contribution is 0.146. The van der Waals surface area contributed by atoms with E-state index < -0.39 is 0 Å². The summed E-state index contributed by atoms with van der Waals surface area (Å²) in [4.78, 5) is 4.54. The van der Waals surface area contributed by atoms with Crippen molar-refractivity contribution in [3.8, 4) is 5.75 Å². The van der Waals surface area contributed by atoms with Crippen LogP contribution in [0.3, 0.4) is 0 Å². The average Bonchev–Trinajstić information content (AvgIpc) is 3.01. The van der Waals surface area contributed by atoms with Gasteiger partial charge in [-0.25, -0.2) is 0 Å². The maximum Gasteiger partial charge on any atom is 0.132 e. The molecule has 0 saturated carbocycles. The molecule has 0 unspecified atom stereocenters. The van der Waals surface area contributed by atoms with Crippen molar-refractivity contribution in [2.24, 2.45) is 4.99 Å². The molecule has 0 fully saturated rings. The molecule has 4 nitrogen and oxygen atoms in total. The van der Waals surface area contributed by atoms with Gasteiger partial charge in [-0.15, -0.1) is 0 Å². The monoisotopic (exact) mass is 274 g/mol. The lowest BCUT2D eigenvalue weighted by Gasteiger charge is -2.20. The van der Waals surface area contributed by atoms with Crippen molar-refractivity contribution in [3.05, 3.63) is 28.8 Å². The van der Waals surface area contributed by atoms with E-state index in [2.05, 4.69) is 22.4 Å². The van der Waals surface area contributed by atoms with Crippen LogP contribution in [0.25, 0.3) is 0 Å². The number of nitrogens with one attached hydrogen (secondary N) is 1. The Kier molecular flexibility index (Phi) is 4.21. The molecule has 0 atom stereocenters. The Morgan fingerprint density at radius 3 is 2.65 bits per heavy atom. The van der Waals surface area contributed by atoms with Crippen molar-refractivity contribution in [3.63, 3.8) is 0 Å². The van der Waals surface area contributed by atoms with Crippen molar-refractivity contribution in [1.82, 2.24) is 5.32 Å². The van der Waals surface area contributed by atoms with E-state index in [-0.39, 0.29) is 0 Å². The Labute approximate surface area is 120 Å². The van der Waals surface area contributed by atoms with Crippen LogP contribution in [0.15, 0.2) is 17.1 Å². The summed E-state index contributed by atoms with van der Waals surface area (Å²) in [5.41, 5.74) is 4.01. The molecule has 1 N–H and O–H groups in total. The quantitative estimate of drug-likeness (QED) is 0.834. The molecule has 1 aliphatic heterocycles. The number of aliphatic imine (C=N–C) groups is 1. The van der Waals surface area contributed by atoms with Gasteiger partial charge in [0.25, 0.3) is 0 Å². The normalized spacial score (nSPS) is 17.4. The highest BCUT2D eigenvalue weighted by Gasteiger charge is 2.19. The summed E-state index contributed by atoms with van der Waals surface area (Å²) in [6, 6.07) is 4.48. The first kappa shape index (κ1) is 13.4. The fraction of sp³-hybridized carbons (Fsp3) is 0.562. The molecule has 0 aromatic heterocycles. The number of hydrogen-bond donors (Lipinski definition) is 1. The highest BCUT2D eigenvalue weighted by Crippen LogP contribution is 2.30. The molecule has 1 heterocycles. The first-order chi connectivity index (χ1) is 9.88. The minimum Gasteiger partial charge on any atom is -0.490 e. The van der Waals surface area contributed by atoms with E-state index in [0.717, 1.165) is 36.7 Å². The van der Waals surface area contributed by atoms with Crippen LogP contribution in [0, 0.1) is 0 Å². The van der Waals surface area contributed by atoms with Gasteiger partial charge in [-0.3, -0.25) is 4.99 Å². The standard InChI is InChI=1S/C16H22N2O2/c1-19-8-9-20-15-11-13-5-3-2-4-12(13)10-14(15)16-17-6-7-18-16/h10-11H,2-9H2,1H3,(H,17,18). The second kappa shape index (κ2) is 6.27. The van der Waals surface area contributed by atoms with Crippen molar-refractivity contribution in [2.75, 3.05) is 33.4 Å². The van der Waals surface area contributed by atoms with Gasteiger partial charge < -0.3 is 14.8 Å². The van der Waals surface area contributed by atoms with Gasteiger partial charge in [-0.2, -0.15) is 0 Å². The molecule has 108 valence electrons. The van der Waals surface area contributed by atoms with Crippen LogP contribution in [0.1, 0.15) is 29.5 Å². The molecule has 3 rings (SSSR count). The van der Waals surface area contributed by atoms with E-state index >= 15 is 0 Å². The third-order valence-corrected chi connectivity index (χ3v) is 3.92. The minimum absolute atomic E-state index is 0.579. The molecule has 1 aromatic carbocycles. The molecule has 0 bridgehead atoms. The van der Waals surface area contributed by atoms with Gasteiger partial charge >= 0.3 is 0 Å². The first-order valence-corrected chi connectivity index (χ1v) is 7.44. The smallest absolute Gasteiger partial charge is 0.132 e. The number of benzene rings is 1. The van der Waals surface area contributed by atoms with E-state index in [1.54, 1.807) is 7.11 Å². The zero-order valence-corrected chi connectivity index (χ0v) is 12.1. The number of nitrogens with zero attached hydrogens (tertiary/aromatic N) is 1. The van der Waals surface area contributed by atoms with Crippen LogP contribution >= 0.6 is 0 Å². The number of amidine groups is 1. The Bertz CT molecular complexity index is 511. The van der Waals surface area contributed by atoms with Gasteiger partial charge in [0.05, 0.1) is 18.7 Å². The van der Waals surface area contributed by atoms with Crippen LogP contribution < -0.4 is 10.1 Å². The lowest BCUT2D eigenvalue weighted by Crippen LogP contribution is -2.21. The molecule has 0 spiro atoms. The number of aryl methyl sites for hydroxylation is 2. The summed E-state index contributed by atoms with van der Waals surface area (Å²) in [6.07, 6.45) is 4.91. The predicted molar refractivity (Wildman–Crippen MR) is 79.9 cm³/mol. The summed E-state index contributed by atoms with van der Waals surface area (Å²) >= 11 is 0. The van der Waals surface area contributed by atoms with Crippen LogP contribution in [0.2, 0.25) is 0 Å². The zero-order valence-electron chi connectivity index (χ0n) is 12.1. The second-order valence-electron chi connectivity index (χ2n) is 5.32. The maximum absolute atomic E-state index is 5.91. The summed E-state index contributed by atoms with van der Waals surface area (Å²) in [7, 11) is 1.69. The zero-order chi connectivity index (χ0) is 13.8. The van der Waals surface area contributed by atoms with Crippen molar-refractivity contribution in [1.29, 1.82) is 0 Å². The Morgan fingerprint density at radius 1 is 1.15 bits per heavy atom. The van der Waals surface area contributed by atoms with E-state index in [1.165, 1.54) is 30.4 Å². The van der Waals surface area contributed by atoms with Gasteiger partial charge in [0.15, 0.2) is 0 Å². The van der Waals surface area contributed by atoms with E-state index in [4.69, 9.17) is 9.47 Å². The van der Waals surface area contributed by atoms with Crippen molar-refractivity contribution in [2.45, 2.75) is 25.7 Å². The van der Waals surface area contributed by atoms with Crippen molar-refractivity contribution >= 4 is 5.84 Å². The molecule has 20 heavy (non-hydrogen) atoms. The highest BCUT2D eigenvalue weighted by atomic mass is 16.5. The molecule has 1 aliphatic carbocycles. The Hall–Kier alpha value is -1.55. The number of hydrogen-bond acceptors (Lipinski definition) is 4. The Balaban J connectivity index is 1.91. The molecule has 0 radical (unpaired) electrons. The first-order valence-electron chi connectivity index (χ1n) is 7.44. The van der Waals surface area contributed by atoms with Gasteiger partial charge in [-0.05, 0) is 48.9 Å². The van der Waals surface area contributed by atoms with Crippen LogP contribution in [-0.2, 0) is 17.6 Å². The lowest BCUT2D eigenvalue weighted by atomic mass is 9.89. The third kappa shape index (κ3) is 2.80. The largest absolute Gasteiger partial charge is 0.490 e. The van der Waals surface area contributed by atoms with Crippen LogP contribution in [0.4, 0.5) is 0 Å². The average molecular weight is 274 g/mol. The summed E-state index contributed by atoms with van der Waals surface area (Å²) in [6.45, 7) is 2.96. The molecular weight excluding hydrogens is 252 g/mol. The number of rotatable bonds is 5. The topological polar surface area (TPSA) is 42.9 Å². The van der Waals surface area contributed by atoms with Gasteiger partial charge in [0, 0.05) is 13.7 Å². The fourth-order valence-electron chi connectivity index (χ4n) is 2.88. The van der Waals surface area contributed by atoms with Crippen LogP contribution in [0.5, 0.6) is 5.75 Å². The van der Waals surface area contributed by atoms with Crippen LogP contribution in [-0.4, -0.2) is 39.2 Å². The molecular formula is C16H22N2O2. The Morgan fingerprint density at radius 2 is 1.95 bits per heavy atom. The van der Waals surface area contributed by atoms with Gasteiger partial charge in [0.1, 0.15) is 18.2 Å². The molecule has 0 saturated heterocycles. The fourth-order valence-corrected chi connectivity index (χ4v) is 2.88. The van der Waals surface area contributed by atoms with E-state index in [0.29, 0.717) is 13.2 Å². The molecule has 1 aromatic rings. The third-order valence-electron chi connectivity index (χ3n) is 3.92. The summed E-state index contributed by atoms with van der Waals surface area (Å²) in [5.74, 6) is 1.92. The van der Waals surface area contributed by atoms with Crippen molar-refractivity contribution < 1.29 is 9.47 Å². The summed E-state index contributed by atoms with van der Waals surface area (Å²) in [5, 5.41) is 3.35. The molecule has 4 heteroatoms. The summed E-state index contributed by atoms with van der Waals surface area (Å²) < 4.78 is 11.0.